The second-order valence-electron chi connectivity index (χ2n) is 4.10. The summed E-state index contributed by atoms with van der Waals surface area (Å²) in [5.41, 5.74) is 7.32. The quantitative estimate of drug-likeness (QED) is 0.383. The van der Waals surface area contributed by atoms with E-state index in [-0.39, 0.29) is 24.8 Å². The zero-order valence-corrected chi connectivity index (χ0v) is 12.5. The molecule has 1 aliphatic carbocycles. The molecule has 0 spiro atoms. The minimum Gasteiger partial charge on any atom is -1.00 e. The molecular weight excluding hydrogens is 287 g/mol. The average Bonchev–Trinajstić information content (AvgIpc) is 2.63. The third-order valence-electron chi connectivity index (χ3n) is 3.27. The molecule has 0 radical (unpaired) electrons. The smallest absolute Gasteiger partial charge is 1.00 e. The van der Waals surface area contributed by atoms with Crippen molar-refractivity contribution in [2.45, 2.75) is 13.3 Å². The van der Waals surface area contributed by atoms with Gasteiger partial charge < -0.3 is 24.8 Å². The fourth-order valence-electron chi connectivity index (χ4n) is 2.36. The minimum atomic E-state index is 0. The van der Waals surface area contributed by atoms with Gasteiger partial charge in [0.2, 0.25) is 0 Å². The predicted octanol–water partition coefficient (Wildman–Crippen LogP) is -3.25. The summed E-state index contributed by atoms with van der Waals surface area (Å²) >= 11 is 2.19. The van der Waals surface area contributed by atoms with Crippen LogP contribution in [0.3, 0.4) is 0 Å². The van der Waals surface area contributed by atoms with Crippen LogP contribution in [0.25, 0.3) is 11.1 Å². The van der Waals surface area contributed by atoms with Crippen LogP contribution in [-0.2, 0) is 26.9 Å². The largest absolute Gasteiger partial charge is 1.00 e. The van der Waals surface area contributed by atoms with Gasteiger partial charge in [-0.25, -0.2) is 0 Å². The predicted molar refractivity (Wildman–Crippen MR) is 59.1 cm³/mol. The minimum absolute atomic E-state index is 0. The maximum Gasteiger partial charge on any atom is -1.00 e. The zero-order valence-electron chi connectivity index (χ0n) is 9.43. The summed E-state index contributed by atoms with van der Waals surface area (Å²) in [7, 11) is 0. The standard InChI is InChI=1S/C14H11.2ClH.Ti/c1-10-5-4-8-13-12-7-3-2-6-11(12)9-14(10)13;;;/h2-4,6-8H,9H2,1H3;2*1H;/q;;;+2/p-2. The van der Waals surface area contributed by atoms with Gasteiger partial charge in [-0.1, -0.05) is 0 Å². The first-order valence-electron chi connectivity index (χ1n) is 5.20. The summed E-state index contributed by atoms with van der Waals surface area (Å²) in [4.78, 5) is 0. The Morgan fingerprint density at radius 1 is 0.941 bits per heavy atom. The molecule has 2 aromatic carbocycles. The van der Waals surface area contributed by atoms with Crippen LogP contribution in [0.2, 0.25) is 0 Å². The summed E-state index contributed by atoms with van der Waals surface area (Å²) in [6.45, 7) is 2.24. The molecule has 0 aromatic heterocycles. The second-order valence-corrected chi connectivity index (χ2v) is 4.94. The van der Waals surface area contributed by atoms with Gasteiger partial charge >= 0.3 is 102 Å². The van der Waals surface area contributed by atoms with E-state index in [4.69, 9.17) is 0 Å². The normalized spacial score (nSPS) is 11.0. The molecule has 0 nitrogen and oxygen atoms in total. The Morgan fingerprint density at radius 3 is 2.41 bits per heavy atom. The molecule has 0 saturated heterocycles. The van der Waals surface area contributed by atoms with Crippen molar-refractivity contribution in [2.75, 3.05) is 0 Å². The van der Waals surface area contributed by atoms with E-state index in [1.807, 2.05) is 0 Å². The maximum atomic E-state index is 2.27. The van der Waals surface area contributed by atoms with Crippen molar-refractivity contribution in [2.24, 2.45) is 0 Å². The zero-order chi connectivity index (χ0) is 10.4. The van der Waals surface area contributed by atoms with Crippen LogP contribution >= 0.6 is 0 Å². The van der Waals surface area contributed by atoms with Crippen molar-refractivity contribution < 1.29 is 45.2 Å². The van der Waals surface area contributed by atoms with E-state index >= 15 is 0 Å². The van der Waals surface area contributed by atoms with E-state index in [0.717, 1.165) is 6.42 Å². The molecule has 3 heteroatoms. The summed E-state index contributed by atoms with van der Waals surface area (Å²) in [5, 5.41) is 0. The van der Waals surface area contributed by atoms with Gasteiger partial charge in [-0.05, 0) is 0 Å². The van der Waals surface area contributed by atoms with Crippen molar-refractivity contribution in [3.8, 4) is 11.1 Å². The fourth-order valence-corrected chi connectivity index (χ4v) is 2.73. The maximum absolute atomic E-state index is 2.27. The molecule has 0 aliphatic heterocycles. The van der Waals surface area contributed by atoms with Gasteiger partial charge in [0.05, 0.1) is 0 Å². The van der Waals surface area contributed by atoms with Gasteiger partial charge in [-0.2, -0.15) is 0 Å². The first kappa shape index (κ1) is 14.8. The van der Waals surface area contributed by atoms with E-state index in [1.165, 1.54) is 31.7 Å². The molecule has 17 heavy (non-hydrogen) atoms. The Morgan fingerprint density at radius 2 is 1.65 bits per heavy atom. The van der Waals surface area contributed by atoms with Crippen molar-refractivity contribution in [1.82, 2.24) is 0 Å². The van der Waals surface area contributed by atoms with E-state index in [0.29, 0.717) is 0 Å². The van der Waals surface area contributed by atoms with Crippen LogP contribution in [0.4, 0.5) is 0 Å². The Labute approximate surface area is 126 Å². The van der Waals surface area contributed by atoms with Gasteiger partial charge in [-0.3, -0.25) is 0 Å². The first-order chi connectivity index (χ1) is 7.27. The number of benzene rings is 2. The molecule has 0 amide bonds. The van der Waals surface area contributed by atoms with Crippen LogP contribution in [0.15, 0.2) is 36.4 Å². The van der Waals surface area contributed by atoms with Crippen LogP contribution in [0.5, 0.6) is 0 Å². The Balaban J connectivity index is 0.000000722. The molecule has 0 bridgehead atoms. The molecule has 0 heterocycles. The Bertz CT molecular complexity index is 550. The molecule has 0 fully saturated rings. The third kappa shape index (κ3) is 2.32. The van der Waals surface area contributed by atoms with Gasteiger partial charge in [0.25, 0.3) is 0 Å². The van der Waals surface area contributed by atoms with Crippen molar-refractivity contribution in [1.29, 1.82) is 0 Å². The van der Waals surface area contributed by atoms with Crippen LogP contribution in [-0.4, -0.2) is 0 Å². The van der Waals surface area contributed by atoms with Gasteiger partial charge in [0, 0.05) is 0 Å². The third-order valence-corrected chi connectivity index (χ3v) is 4.12. The van der Waals surface area contributed by atoms with Crippen molar-refractivity contribution in [3.63, 3.8) is 0 Å². The number of halogens is 2. The van der Waals surface area contributed by atoms with E-state index in [9.17, 15) is 0 Å². The van der Waals surface area contributed by atoms with Gasteiger partial charge in [0.15, 0.2) is 0 Å². The summed E-state index contributed by atoms with van der Waals surface area (Å²) in [6, 6.07) is 13.2. The van der Waals surface area contributed by atoms with Crippen molar-refractivity contribution >= 4 is 3.87 Å². The van der Waals surface area contributed by atoms with Gasteiger partial charge in [0.1, 0.15) is 0 Å². The van der Waals surface area contributed by atoms with Crippen LogP contribution < -0.4 is 28.7 Å². The van der Waals surface area contributed by atoms with E-state index < -0.39 is 0 Å². The SMILES string of the molecule is Cc1[c]([Ti+2])ccc2c1Cc1ccccc1-2.[Cl-].[Cl-]. The monoisotopic (exact) mass is 297 g/mol. The Hall–Kier alpha value is -0.266. The fraction of sp³-hybridized carbons (Fsp3) is 0.143. The number of hydrogen-bond donors (Lipinski definition) is 0. The van der Waals surface area contributed by atoms with Crippen molar-refractivity contribution in [3.05, 3.63) is 53.1 Å². The molecular formula is C14H11Cl2Ti. The molecule has 0 N–H and O–H groups in total. The second kappa shape index (κ2) is 5.58. The molecule has 1 aliphatic rings. The van der Waals surface area contributed by atoms with Crippen LogP contribution in [0, 0.1) is 6.92 Å². The first-order valence-corrected chi connectivity index (χ1v) is 5.98. The Kier molecular flexibility index (Phi) is 4.86. The summed E-state index contributed by atoms with van der Waals surface area (Å²) < 4.78 is 1.40. The van der Waals surface area contributed by atoms with E-state index in [2.05, 4.69) is 63.8 Å². The summed E-state index contributed by atoms with van der Waals surface area (Å²) in [6.07, 6.45) is 1.11. The molecule has 2 aromatic rings. The number of fused-ring (bicyclic) bond motifs is 3. The number of rotatable bonds is 0. The van der Waals surface area contributed by atoms with Crippen LogP contribution in [0.1, 0.15) is 16.7 Å². The summed E-state index contributed by atoms with van der Waals surface area (Å²) in [5.74, 6) is 0. The molecule has 0 saturated carbocycles. The topological polar surface area (TPSA) is 0 Å². The van der Waals surface area contributed by atoms with E-state index in [1.54, 1.807) is 0 Å². The number of hydrogen-bond acceptors (Lipinski definition) is 0. The molecule has 0 atom stereocenters. The van der Waals surface area contributed by atoms with Gasteiger partial charge in [-0.15, -0.1) is 0 Å². The molecule has 3 rings (SSSR count). The average molecular weight is 298 g/mol. The molecule has 85 valence electrons. The molecule has 0 unspecified atom stereocenters.